The van der Waals surface area contributed by atoms with Crippen LogP contribution in [0.3, 0.4) is 0 Å². The minimum absolute atomic E-state index is 0.161. The van der Waals surface area contributed by atoms with Crippen LogP contribution in [0.25, 0.3) is 0 Å². The molecule has 2 amide bonds. The van der Waals surface area contributed by atoms with Gasteiger partial charge in [-0.2, -0.15) is 0 Å². The van der Waals surface area contributed by atoms with E-state index in [2.05, 4.69) is 6.92 Å². The summed E-state index contributed by atoms with van der Waals surface area (Å²) in [6.45, 7) is 4.93. The van der Waals surface area contributed by atoms with E-state index in [0.717, 1.165) is 17.7 Å². The van der Waals surface area contributed by atoms with Gasteiger partial charge in [-0.1, -0.05) is 39.0 Å². The summed E-state index contributed by atoms with van der Waals surface area (Å²) in [5.41, 5.74) is 0. The molecule has 0 saturated heterocycles. The van der Waals surface area contributed by atoms with Crippen LogP contribution in [0.15, 0.2) is 12.2 Å². The van der Waals surface area contributed by atoms with Crippen LogP contribution in [0.5, 0.6) is 0 Å². The normalized spacial score (nSPS) is 13.5. The minimum Gasteiger partial charge on any atom is -0.463 e. The number of hydrogen-bond donors (Lipinski definition) is 0. The van der Waals surface area contributed by atoms with E-state index in [4.69, 9.17) is 18.9 Å². The molecule has 8 heteroatoms. The molecule has 166 valence electrons. The van der Waals surface area contributed by atoms with Crippen LogP contribution in [0.1, 0.15) is 51.9 Å². The second-order valence-corrected chi connectivity index (χ2v) is 6.74. The zero-order chi connectivity index (χ0) is 21.2. The first kappa shape index (κ1) is 25.3. The highest BCUT2D eigenvalue weighted by molar-refractivity contribution is 6.12. The molecular weight excluding hydrogens is 378 g/mol. The molecule has 0 aromatic rings. The zero-order valence-corrected chi connectivity index (χ0v) is 17.6. The highest BCUT2D eigenvalue weighted by Gasteiger charge is 2.22. The van der Waals surface area contributed by atoms with Crippen LogP contribution >= 0.6 is 0 Å². The van der Waals surface area contributed by atoms with Gasteiger partial charge in [0.15, 0.2) is 0 Å². The number of carbonyl (C=O) groups excluding carboxylic acids is 3. The lowest BCUT2D eigenvalue weighted by Gasteiger charge is -2.13. The van der Waals surface area contributed by atoms with E-state index in [9.17, 15) is 14.4 Å². The monoisotopic (exact) mass is 413 g/mol. The van der Waals surface area contributed by atoms with Gasteiger partial charge in [-0.25, -0.2) is 0 Å². The van der Waals surface area contributed by atoms with Crippen LogP contribution < -0.4 is 0 Å². The third-order valence-corrected chi connectivity index (χ3v) is 4.33. The number of rotatable bonds is 19. The molecule has 0 spiro atoms. The smallest absolute Gasteiger partial charge is 0.305 e. The number of amides is 2. The summed E-state index contributed by atoms with van der Waals surface area (Å²) in [4.78, 5) is 35.3. The highest BCUT2D eigenvalue weighted by atomic mass is 16.6. The Morgan fingerprint density at radius 1 is 0.759 bits per heavy atom. The average molecular weight is 414 g/mol. The van der Waals surface area contributed by atoms with Gasteiger partial charge in [-0.15, -0.1) is 0 Å². The lowest BCUT2D eigenvalue weighted by molar-refractivity contribution is -0.145. The van der Waals surface area contributed by atoms with Gasteiger partial charge in [-0.3, -0.25) is 19.3 Å². The van der Waals surface area contributed by atoms with Gasteiger partial charge in [0.2, 0.25) is 0 Å². The molecule has 1 aliphatic rings. The van der Waals surface area contributed by atoms with Crippen molar-refractivity contribution in [3.8, 4) is 0 Å². The molecule has 0 aromatic carbocycles. The number of unbranched alkanes of at least 4 members (excludes halogenated alkanes) is 5. The Hall–Kier alpha value is -1.77. The van der Waals surface area contributed by atoms with Crippen molar-refractivity contribution < 1.29 is 33.3 Å². The molecule has 29 heavy (non-hydrogen) atoms. The number of imide groups is 1. The maximum Gasteiger partial charge on any atom is 0.305 e. The standard InChI is InChI=1S/C21H35NO7/c1-2-3-4-5-6-7-8-21(25)29-18-17-28-16-15-27-14-13-26-12-11-22-19(23)9-10-20(22)24/h9-10H,2-8,11-18H2,1H3. The predicted octanol–water partition coefficient (Wildman–Crippen LogP) is 2.26. The molecule has 1 rings (SSSR count). The van der Waals surface area contributed by atoms with E-state index < -0.39 is 0 Å². The van der Waals surface area contributed by atoms with Crippen molar-refractivity contribution >= 4 is 17.8 Å². The average Bonchev–Trinajstić information content (AvgIpc) is 3.03. The number of carbonyl (C=O) groups is 3. The first-order chi connectivity index (χ1) is 14.1. The van der Waals surface area contributed by atoms with Gasteiger partial charge >= 0.3 is 5.97 Å². The topological polar surface area (TPSA) is 91.4 Å². The first-order valence-electron chi connectivity index (χ1n) is 10.6. The van der Waals surface area contributed by atoms with Crippen LogP contribution in [-0.2, 0) is 33.3 Å². The largest absolute Gasteiger partial charge is 0.463 e. The Labute approximate surface area is 173 Å². The lowest BCUT2D eigenvalue weighted by atomic mass is 10.1. The van der Waals surface area contributed by atoms with E-state index in [-0.39, 0.29) is 37.5 Å². The second-order valence-electron chi connectivity index (χ2n) is 6.74. The molecule has 0 bridgehead atoms. The maximum absolute atomic E-state index is 11.6. The van der Waals surface area contributed by atoms with E-state index in [0.29, 0.717) is 39.5 Å². The van der Waals surface area contributed by atoms with Crippen LogP contribution in [0, 0.1) is 0 Å². The first-order valence-corrected chi connectivity index (χ1v) is 10.6. The molecule has 0 saturated carbocycles. The van der Waals surface area contributed by atoms with Crippen molar-refractivity contribution in [2.75, 3.05) is 52.8 Å². The second kappa shape index (κ2) is 17.1. The fraction of sp³-hybridized carbons (Fsp3) is 0.762. The van der Waals surface area contributed by atoms with Gasteiger partial charge in [0.1, 0.15) is 6.61 Å². The van der Waals surface area contributed by atoms with E-state index in [1.54, 1.807) is 0 Å². The molecular formula is C21H35NO7. The zero-order valence-electron chi connectivity index (χ0n) is 17.6. The van der Waals surface area contributed by atoms with E-state index in [1.807, 2.05) is 0 Å². The molecule has 1 heterocycles. The molecule has 0 radical (unpaired) electrons. The number of esters is 1. The van der Waals surface area contributed by atoms with Gasteiger partial charge in [0.05, 0.1) is 46.2 Å². The number of nitrogens with zero attached hydrogens (tertiary/aromatic N) is 1. The minimum atomic E-state index is -0.305. The summed E-state index contributed by atoms with van der Waals surface area (Å²) >= 11 is 0. The van der Waals surface area contributed by atoms with Crippen LogP contribution in [0.4, 0.5) is 0 Å². The molecule has 0 atom stereocenters. The van der Waals surface area contributed by atoms with Crippen molar-refractivity contribution in [1.29, 1.82) is 0 Å². The van der Waals surface area contributed by atoms with E-state index in [1.165, 1.54) is 37.8 Å². The Kier molecular flexibility index (Phi) is 14.9. The van der Waals surface area contributed by atoms with Crippen molar-refractivity contribution in [1.82, 2.24) is 4.90 Å². The Bertz CT molecular complexity index is 489. The van der Waals surface area contributed by atoms with Crippen LogP contribution in [0.2, 0.25) is 0 Å². The molecule has 0 aliphatic carbocycles. The van der Waals surface area contributed by atoms with Gasteiger partial charge in [-0.05, 0) is 6.42 Å². The molecule has 0 N–H and O–H groups in total. The third-order valence-electron chi connectivity index (χ3n) is 4.33. The Balaban J connectivity index is 1.77. The van der Waals surface area contributed by atoms with Crippen molar-refractivity contribution in [3.63, 3.8) is 0 Å². The highest BCUT2D eigenvalue weighted by Crippen LogP contribution is 2.07. The number of ether oxygens (including phenoxy) is 4. The molecule has 0 fully saturated rings. The summed E-state index contributed by atoms with van der Waals surface area (Å²) in [5, 5.41) is 0. The Morgan fingerprint density at radius 2 is 1.28 bits per heavy atom. The van der Waals surface area contributed by atoms with Gasteiger partial charge in [0, 0.05) is 18.6 Å². The van der Waals surface area contributed by atoms with Crippen molar-refractivity contribution in [2.24, 2.45) is 0 Å². The van der Waals surface area contributed by atoms with Gasteiger partial charge in [0.25, 0.3) is 11.8 Å². The molecule has 1 aliphatic heterocycles. The fourth-order valence-corrected chi connectivity index (χ4v) is 2.69. The predicted molar refractivity (Wildman–Crippen MR) is 107 cm³/mol. The lowest BCUT2D eigenvalue weighted by Crippen LogP contribution is -2.33. The Morgan fingerprint density at radius 3 is 1.90 bits per heavy atom. The summed E-state index contributed by atoms with van der Waals surface area (Å²) in [6.07, 6.45) is 9.87. The maximum atomic E-state index is 11.6. The quantitative estimate of drug-likeness (QED) is 0.182. The summed E-state index contributed by atoms with van der Waals surface area (Å²) in [7, 11) is 0. The third kappa shape index (κ3) is 13.1. The molecule has 0 unspecified atom stereocenters. The number of hydrogen-bond acceptors (Lipinski definition) is 7. The van der Waals surface area contributed by atoms with Gasteiger partial charge < -0.3 is 18.9 Å². The summed E-state index contributed by atoms with van der Waals surface area (Å²) < 4.78 is 21.1. The summed E-state index contributed by atoms with van der Waals surface area (Å²) in [5.74, 6) is -0.772. The SMILES string of the molecule is CCCCCCCCC(=O)OCCOCCOCCOCCN1C(=O)C=CC1=O. The molecule has 0 aromatic heterocycles. The molecule has 8 nitrogen and oxygen atoms in total. The fourth-order valence-electron chi connectivity index (χ4n) is 2.69. The summed E-state index contributed by atoms with van der Waals surface area (Å²) in [6, 6.07) is 0. The van der Waals surface area contributed by atoms with E-state index >= 15 is 0 Å². The van der Waals surface area contributed by atoms with Crippen molar-refractivity contribution in [3.05, 3.63) is 12.2 Å². The van der Waals surface area contributed by atoms with Crippen LogP contribution in [-0.4, -0.2) is 75.5 Å². The van der Waals surface area contributed by atoms with Crippen molar-refractivity contribution in [2.45, 2.75) is 51.9 Å².